The van der Waals surface area contributed by atoms with Gasteiger partial charge < -0.3 is 19.2 Å². The Bertz CT molecular complexity index is 1170. The summed E-state index contributed by atoms with van der Waals surface area (Å²) in [5.74, 6) is 1.83. The SMILES string of the molecule is O=C(NCC1COc2ccccc2C1)c1ccc(OCc2cn3ccccc3n2)cc1. The third-order valence-electron chi connectivity index (χ3n) is 5.42. The van der Waals surface area contributed by atoms with E-state index in [0.29, 0.717) is 31.1 Å². The molecule has 0 saturated carbocycles. The van der Waals surface area contributed by atoms with E-state index < -0.39 is 0 Å². The first-order valence-corrected chi connectivity index (χ1v) is 10.4. The van der Waals surface area contributed by atoms with E-state index in [-0.39, 0.29) is 11.8 Å². The quantitative estimate of drug-likeness (QED) is 0.521. The van der Waals surface area contributed by atoms with Crippen LogP contribution in [0.4, 0.5) is 0 Å². The van der Waals surface area contributed by atoms with E-state index in [1.807, 2.05) is 65.3 Å². The van der Waals surface area contributed by atoms with Crippen LogP contribution in [0.25, 0.3) is 5.65 Å². The Morgan fingerprint density at radius 1 is 1.10 bits per heavy atom. The number of aromatic nitrogens is 2. The summed E-state index contributed by atoms with van der Waals surface area (Å²) >= 11 is 0. The Kier molecular flexibility index (Phi) is 5.27. The third-order valence-corrected chi connectivity index (χ3v) is 5.42. The molecule has 6 heteroatoms. The Morgan fingerprint density at radius 3 is 2.81 bits per heavy atom. The topological polar surface area (TPSA) is 64.9 Å². The van der Waals surface area contributed by atoms with Gasteiger partial charge in [0.25, 0.3) is 5.91 Å². The predicted molar refractivity (Wildman–Crippen MR) is 117 cm³/mol. The van der Waals surface area contributed by atoms with Crippen molar-refractivity contribution in [1.29, 1.82) is 0 Å². The summed E-state index contributed by atoms with van der Waals surface area (Å²) < 4.78 is 13.6. The van der Waals surface area contributed by atoms with Gasteiger partial charge in [-0.05, 0) is 54.4 Å². The molecule has 1 atom stereocenters. The molecule has 1 N–H and O–H groups in total. The van der Waals surface area contributed by atoms with Crippen molar-refractivity contribution in [3.8, 4) is 11.5 Å². The maximum atomic E-state index is 12.5. The van der Waals surface area contributed by atoms with Crippen LogP contribution in [0.1, 0.15) is 21.6 Å². The Hall–Kier alpha value is -3.80. The van der Waals surface area contributed by atoms with Gasteiger partial charge in [0.15, 0.2) is 0 Å². The Balaban J connectivity index is 1.13. The molecule has 2 aromatic heterocycles. The number of para-hydroxylation sites is 1. The summed E-state index contributed by atoms with van der Waals surface area (Å²) in [6.45, 7) is 1.57. The van der Waals surface area contributed by atoms with E-state index >= 15 is 0 Å². The average molecular weight is 413 g/mol. The fourth-order valence-electron chi connectivity index (χ4n) is 3.78. The molecule has 0 saturated heterocycles. The molecule has 156 valence electrons. The van der Waals surface area contributed by atoms with Crippen LogP contribution < -0.4 is 14.8 Å². The zero-order chi connectivity index (χ0) is 21.0. The summed E-state index contributed by atoms with van der Waals surface area (Å²) in [4.78, 5) is 17.0. The molecule has 0 radical (unpaired) electrons. The molecular weight excluding hydrogens is 390 g/mol. The lowest BCUT2D eigenvalue weighted by Crippen LogP contribution is -2.34. The lowest BCUT2D eigenvalue weighted by molar-refractivity contribution is 0.0939. The van der Waals surface area contributed by atoms with Crippen molar-refractivity contribution in [1.82, 2.24) is 14.7 Å². The van der Waals surface area contributed by atoms with Crippen LogP contribution in [-0.4, -0.2) is 28.4 Å². The summed E-state index contributed by atoms with van der Waals surface area (Å²) in [7, 11) is 0. The fourth-order valence-corrected chi connectivity index (χ4v) is 3.78. The number of amides is 1. The first-order chi connectivity index (χ1) is 15.2. The van der Waals surface area contributed by atoms with Crippen LogP contribution in [0.15, 0.2) is 79.1 Å². The summed E-state index contributed by atoms with van der Waals surface area (Å²) in [6, 6.07) is 21.1. The third kappa shape index (κ3) is 4.38. The van der Waals surface area contributed by atoms with Gasteiger partial charge >= 0.3 is 0 Å². The smallest absolute Gasteiger partial charge is 0.251 e. The second-order valence-electron chi connectivity index (χ2n) is 7.71. The van der Waals surface area contributed by atoms with Crippen molar-refractivity contribution in [2.75, 3.05) is 13.2 Å². The molecule has 6 nitrogen and oxygen atoms in total. The molecule has 1 unspecified atom stereocenters. The predicted octanol–water partition coefficient (Wildman–Crippen LogP) is 3.89. The summed E-state index contributed by atoms with van der Waals surface area (Å²) in [5.41, 5.74) is 3.54. The van der Waals surface area contributed by atoms with Gasteiger partial charge in [-0.15, -0.1) is 0 Å². The molecule has 0 bridgehead atoms. The number of fused-ring (bicyclic) bond motifs is 2. The van der Waals surface area contributed by atoms with Gasteiger partial charge in [0.2, 0.25) is 0 Å². The van der Waals surface area contributed by atoms with Crippen molar-refractivity contribution >= 4 is 11.6 Å². The van der Waals surface area contributed by atoms with Crippen molar-refractivity contribution < 1.29 is 14.3 Å². The molecule has 3 heterocycles. The first kappa shape index (κ1) is 19.2. The number of carbonyl (C=O) groups excluding carboxylic acids is 1. The zero-order valence-electron chi connectivity index (χ0n) is 17.0. The normalized spacial score (nSPS) is 15.2. The van der Waals surface area contributed by atoms with Crippen molar-refractivity contribution in [2.24, 2.45) is 5.92 Å². The number of pyridine rings is 1. The van der Waals surface area contributed by atoms with Gasteiger partial charge in [-0.2, -0.15) is 0 Å². The average Bonchev–Trinajstić information content (AvgIpc) is 3.24. The monoisotopic (exact) mass is 413 g/mol. The number of imidazole rings is 1. The summed E-state index contributed by atoms with van der Waals surface area (Å²) in [5, 5.41) is 3.02. The standard InChI is InChI=1S/C25H23N3O3/c29-25(26-14-18-13-20-5-1-2-6-23(20)31-16-18)19-8-10-22(11-9-19)30-17-21-15-28-12-4-3-7-24(28)27-21/h1-12,15,18H,13-14,16-17H2,(H,26,29). The highest BCUT2D eigenvalue weighted by Gasteiger charge is 2.20. The van der Waals surface area contributed by atoms with E-state index in [1.165, 1.54) is 5.56 Å². The number of benzene rings is 2. The van der Waals surface area contributed by atoms with Gasteiger partial charge in [0.05, 0.1) is 12.3 Å². The van der Waals surface area contributed by atoms with E-state index in [4.69, 9.17) is 9.47 Å². The molecule has 2 aromatic carbocycles. The molecule has 1 amide bonds. The number of ether oxygens (including phenoxy) is 2. The van der Waals surface area contributed by atoms with Crippen LogP contribution >= 0.6 is 0 Å². The van der Waals surface area contributed by atoms with Crippen LogP contribution in [0.5, 0.6) is 11.5 Å². The number of rotatable bonds is 6. The van der Waals surface area contributed by atoms with Gasteiger partial charge in [0.1, 0.15) is 23.8 Å². The minimum atomic E-state index is -0.0919. The number of nitrogens with zero attached hydrogens (tertiary/aromatic N) is 2. The van der Waals surface area contributed by atoms with Gasteiger partial charge in [-0.1, -0.05) is 24.3 Å². The van der Waals surface area contributed by atoms with Crippen molar-refractivity contribution in [3.63, 3.8) is 0 Å². The molecule has 0 aliphatic carbocycles. The van der Waals surface area contributed by atoms with Crippen LogP contribution in [0.2, 0.25) is 0 Å². The maximum Gasteiger partial charge on any atom is 0.251 e. The van der Waals surface area contributed by atoms with Crippen LogP contribution in [0, 0.1) is 5.92 Å². The van der Waals surface area contributed by atoms with Crippen LogP contribution in [-0.2, 0) is 13.0 Å². The lowest BCUT2D eigenvalue weighted by Gasteiger charge is -2.25. The minimum Gasteiger partial charge on any atom is -0.493 e. The molecule has 0 spiro atoms. The number of carbonyl (C=O) groups is 1. The minimum absolute atomic E-state index is 0.0919. The molecule has 31 heavy (non-hydrogen) atoms. The lowest BCUT2D eigenvalue weighted by atomic mass is 9.96. The van der Waals surface area contributed by atoms with E-state index in [9.17, 15) is 4.79 Å². The molecule has 5 rings (SSSR count). The molecule has 4 aromatic rings. The van der Waals surface area contributed by atoms with E-state index in [2.05, 4.69) is 16.4 Å². The second kappa shape index (κ2) is 8.52. The molecule has 1 aliphatic rings. The zero-order valence-corrected chi connectivity index (χ0v) is 17.0. The number of nitrogens with one attached hydrogen (secondary N) is 1. The number of hydrogen-bond acceptors (Lipinski definition) is 4. The first-order valence-electron chi connectivity index (χ1n) is 10.4. The van der Waals surface area contributed by atoms with Crippen molar-refractivity contribution in [3.05, 3.63) is 95.9 Å². The highest BCUT2D eigenvalue weighted by molar-refractivity contribution is 5.94. The Morgan fingerprint density at radius 2 is 1.94 bits per heavy atom. The van der Waals surface area contributed by atoms with E-state index in [0.717, 1.165) is 23.5 Å². The highest BCUT2D eigenvalue weighted by atomic mass is 16.5. The molecule has 1 aliphatic heterocycles. The molecular formula is C25H23N3O3. The van der Waals surface area contributed by atoms with Gasteiger partial charge in [0, 0.05) is 30.4 Å². The molecule has 0 fully saturated rings. The largest absolute Gasteiger partial charge is 0.493 e. The van der Waals surface area contributed by atoms with E-state index in [1.54, 1.807) is 12.1 Å². The van der Waals surface area contributed by atoms with Crippen molar-refractivity contribution in [2.45, 2.75) is 13.0 Å². The fraction of sp³-hybridized carbons (Fsp3) is 0.200. The second-order valence-corrected chi connectivity index (χ2v) is 7.71. The Labute approximate surface area is 180 Å². The van der Waals surface area contributed by atoms with Gasteiger partial charge in [-0.3, -0.25) is 4.79 Å². The number of hydrogen-bond donors (Lipinski definition) is 1. The maximum absolute atomic E-state index is 12.5. The summed E-state index contributed by atoms with van der Waals surface area (Å²) in [6.07, 6.45) is 4.81. The van der Waals surface area contributed by atoms with Gasteiger partial charge in [-0.25, -0.2) is 4.98 Å². The van der Waals surface area contributed by atoms with Crippen LogP contribution in [0.3, 0.4) is 0 Å². The highest BCUT2D eigenvalue weighted by Crippen LogP contribution is 2.26.